The summed E-state index contributed by atoms with van der Waals surface area (Å²) >= 11 is 1.33. The van der Waals surface area contributed by atoms with Gasteiger partial charge in [0.2, 0.25) is 5.60 Å². The Morgan fingerprint density at radius 2 is 1.59 bits per heavy atom. The first-order chi connectivity index (χ1) is 12.7. The Kier molecular flexibility index (Phi) is 6.50. The molecule has 27 heavy (non-hydrogen) atoms. The van der Waals surface area contributed by atoms with Gasteiger partial charge in [-0.2, -0.15) is 13.2 Å². The largest absolute Gasteiger partial charge is 0.423 e. The summed E-state index contributed by atoms with van der Waals surface area (Å²) in [6.45, 7) is -1.20. The summed E-state index contributed by atoms with van der Waals surface area (Å²) in [5.41, 5.74) is -3.40. The van der Waals surface area contributed by atoms with Gasteiger partial charge in [-0.3, -0.25) is 9.59 Å². The molecular formula is C18H17F3N2O3S. The van der Waals surface area contributed by atoms with E-state index in [1.807, 2.05) is 5.32 Å². The highest BCUT2D eigenvalue weighted by Crippen LogP contribution is 2.38. The second-order valence-electron chi connectivity index (χ2n) is 5.56. The van der Waals surface area contributed by atoms with E-state index < -0.39 is 35.7 Å². The molecule has 0 spiro atoms. The van der Waals surface area contributed by atoms with Gasteiger partial charge in [-0.25, -0.2) is 0 Å². The SMILES string of the molecule is CSc1ccccc1NC(=O)C(=O)NCC(O)(c1ccccc1)C(F)(F)F. The van der Waals surface area contributed by atoms with Gasteiger partial charge in [-0.15, -0.1) is 11.8 Å². The number of amides is 2. The topological polar surface area (TPSA) is 78.4 Å². The summed E-state index contributed by atoms with van der Waals surface area (Å²) in [5, 5.41) is 14.3. The molecule has 2 amide bonds. The van der Waals surface area contributed by atoms with Gasteiger partial charge in [-0.05, 0) is 24.0 Å². The van der Waals surface area contributed by atoms with Crippen molar-refractivity contribution in [3.05, 3.63) is 60.2 Å². The molecule has 1 atom stereocenters. The van der Waals surface area contributed by atoms with Crippen molar-refractivity contribution < 1.29 is 27.9 Å². The molecule has 5 nitrogen and oxygen atoms in total. The maximum absolute atomic E-state index is 13.4. The van der Waals surface area contributed by atoms with Crippen LogP contribution in [0.15, 0.2) is 59.5 Å². The van der Waals surface area contributed by atoms with Gasteiger partial charge in [0.25, 0.3) is 0 Å². The summed E-state index contributed by atoms with van der Waals surface area (Å²) in [7, 11) is 0. The summed E-state index contributed by atoms with van der Waals surface area (Å²) in [4.78, 5) is 24.6. The smallest absolute Gasteiger partial charge is 0.375 e. The zero-order chi connectivity index (χ0) is 20.1. The number of nitrogens with one attached hydrogen (secondary N) is 2. The lowest BCUT2D eigenvalue weighted by atomic mass is 9.93. The number of rotatable bonds is 5. The Bertz CT molecular complexity index is 815. The number of thioether (sulfide) groups is 1. The number of carbonyl (C=O) groups excluding carboxylic acids is 2. The normalized spacial score (nSPS) is 13.5. The van der Waals surface area contributed by atoms with Gasteiger partial charge in [0.05, 0.1) is 12.2 Å². The van der Waals surface area contributed by atoms with Crippen molar-refractivity contribution in [3.63, 3.8) is 0 Å². The Balaban J connectivity index is 2.11. The van der Waals surface area contributed by atoms with Crippen LogP contribution < -0.4 is 10.6 Å². The van der Waals surface area contributed by atoms with Gasteiger partial charge in [0.1, 0.15) is 0 Å². The molecule has 2 aromatic rings. The highest BCUT2D eigenvalue weighted by atomic mass is 32.2. The zero-order valence-electron chi connectivity index (χ0n) is 14.2. The van der Waals surface area contributed by atoms with Crippen molar-refractivity contribution in [3.8, 4) is 0 Å². The molecule has 0 heterocycles. The quantitative estimate of drug-likeness (QED) is 0.535. The van der Waals surface area contributed by atoms with Crippen molar-refractivity contribution in [1.29, 1.82) is 0 Å². The number of benzene rings is 2. The van der Waals surface area contributed by atoms with Crippen LogP contribution in [0.25, 0.3) is 0 Å². The predicted octanol–water partition coefficient (Wildman–Crippen LogP) is 2.91. The van der Waals surface area contributed by atoms with Crippen LogP contribution in [0.2, 0.25) is 0 Å². The van der Waals surface area contributed by atoms with Crippen LogP contribution in [0.4, 0.5) is 18.9 Å². The summed E-state index contributed by atoms with van der Waals surface area (Å²) < 4.78 is 40.1. The number of aliphatic hydroxyl groups is 1. The highest BCUT2D eigenvalue weighted by Gasteiger charge is 2.55. The zero-order valence-corrected chi connectivity index (χ0v) is 15.0. The van der Waals surface area contributed by atoms with Crippen molar-refractivity contribution >= 4 is 29.3 Å². The third-order valence-electron chi connectivity index (χ3n) is 3.79. The molecule has 3 N–H and O–H groups in total. The van der Waals surface area contributed by atoms with E-state index in [1.165, 1.54) is 30.0 Å². The second kappa shape index (κ2) is 8.45. The average Bonchev–Trinajstić information content (AvgIpc) is 2.65. The first kappa shape index (κ1) is 20.8. The number of carbonyl (C=O) groups is 2. The summed E-state index contributed by atoms with van der Waals surface area (Å²) in [6.07, 6.45) is -3.28. The van der Waals surface area contributed by atoms with Crippen LogP contribution >= 0.6 is 11.8 Å². The summed E-state index contributed by atoms with van der Waals surface area (Å²) in [5.74, 6) is -2.42. The standard InChI is InChI=1S/C18H17F3N2O3S/c1-27-14-10-6-5-9-13(14)23-16(25)15(24)22-11-17(26,18(19,20)21)12-7-3-2-4-8-12/h2-10,26H,11H2,1H3,(H,22,24)(H,23,25). The number of anilines is 1. The third-order valence-corrected chi connectivity index (χ3v) is 4.58. The van der Waals surface area contributed by atoms with E-state index in [9.17, 15) is 27.9 Å². The molecule has 0 fully saturated rings. The Labute approximate surface area is 158 Å². The molecule has 0 aromatic heterocycles. The van der Waals surface area contributed by atoms with E-state index in [2.05, 4.69) is 5.32 Å². The van der Waals surface area contributed by atoms with Gasteiger partial charge in [0.15, 0.2) is 0 Å². The monoisotopic (exact) mass is 398 g/mol. The van der Waals surface area contributed by atoms with E-state index >= 15 is 0 Å². The molecule has 0 aliphatic carbocycles. The molecular weight excluding hydrogens is 381 g/mol. The van der Waals surface area contributed by atoms with Gasteiger partial charge < -0.3 is 15.7 Å². The van der Waals surface area contributed by atoms with E-state index in [0.29, 0.717) is 10.6 Å². The molecule has 0 saturated carbocycles. The molecule has 0 aliphatic heterocycles. The minimum absolute atomic E-state index is 0.360. The fraction of sp³-hybridized carbons (Fsp3) is 0.222. The molecule has 1 unspecified atom stereocenters. The van der Waals surface area contributed by atoms with Crippen molar-refractivity contribution in [2.45, 2.75) is 16.7 Å². The van der Waals surface area contributed by atoms with E-state index in [0.717, 1.165) is 12.1 Å². The highest BCUT2D eigenvalue weighted by molar-refractivity contribution is 7.98. The van der Waals surface area contributed by atoms with Crippen LogP contribution in [0.3, 0.4) is 0 Å². The molecule has 0 aliphatic rings. The molecule has 0 radical (unpaired) electrons. The summed E-state index contributed by atoms with van der Waals surface area (Å²) in [6, 6.07) is 13.0. The molecule has 2 rings (SSSR count). The second-order valence-corrected chi connectivity index (χ2v) is 6.41. The third kappa shape index (κ3) is 4.81. The number of halogens is 3. The van der Waals surface area contributed by atoms with Gasteiger partial charge >= 0.3 is 18.0 Å². The van der Waals surface area contributed by atoms with E-state index in [-0.39, 0.29) is 0 Å². The van der Waals surface area contributed by atoms with Gasteiger partial charge in [0, 0.05) is 4.90 Å². The Hall–Kier alpha value is -2.52. The molecule has 0 bridgehead atoms. The van der Waals surface area contributed by atoms with Crippen molar-refractivity contribution in [1.82, 2.24) is 5.32 Å². The number of alkyl halides is 3. The fourth-order valence-corrected chi connectivity index (χ4v) is 2.85. The average molecular weight is 398 g/mol. The maximum Gasteiger partial charge on any atom is 0.423 e. The molecule has 144 valence electrons. The van der Waals surface area contributed by atoms with Crippen LogP contribution in [-0.4, -0.2) is 35.9 Å². The first-order valence-corrected chi connectivity index (χ1v) is 8.98. The Morgan fingerprint density at radius 3 is 2.19 bits per heavy atom. The van der Waals surface area contributed by atoms with E-state index in [1.54, 1.807) is 30.5 Å². The number of para-hydroxylation sites is 1. The molecule has 2 aromatic carbocycles. The maximum atomic E-state index is 13.4. The molecule has 9 heteroatoms. The lowest BCUT2D eigenvalue weighted by Crippen LogP contribution is -2.52. The van der Waals surface area contributed by atoms with Crippen molar-refractivity contribution in [2.24, 2.45) is 0 Å². The number of hydrogen-bond acceptors (Lipinski definition) is 4. The predicted molar refractivity (Wildman–Crippen MR) is 96.3 cm³/mol. The minimum atomic E-state index is -5.05. The van der Waals surface area contributed by atoms with Gasteiger partial charge in [-0.1, -0.05) is 42.5 Å². The lowest BCUT2D eigenvalue weighted by Gasteiger charge is -2.31. The van der Waals surface area contributed by atoms with Crippen LogP contribution in [-0.2, 0) is 15.2 Å². The first-order valence-electron chi connectivity index (χ1n) is 7.76. The fourth-order valence-electron chi connectivity index (χ4n) is 2.30. The molecule has 0 saturated heterocycles. The van der Waals surface area contributed by atoms with E-state index in [4.69, 9.17) is 0 Å². The number of hydrogen-bond donors (Lipinski definition) is 3. The van der Waals surface area contributed by atoms with Crippen LogP contribution in [0.5, 0.6) is 0 Å². The minimum Gasteiger partial charge on any atom is -0.375 e. The van der Waals surface area contributed by atoms with Crippen molar-refractivity contribution in [2.75, 3.05) is 18.1 Å². The lowest BCUT2D eigenvalue weighted by molar-refractivity contribution is -0.264. The van der Waals surface area contributed by atoms with Crippen LogP contribution in [0, 0.1) is 0 Å². The van der Waals surface area contributed by atoms with Crippen LogP contribution in [0.1, 0.15) is 5.56 Å². The Morgan fingerprint density at radius 1 is 1.00 bits per heavy atom.